The number of aliphatic hydroxyl groups is 1. The predicted octanol–water partition coefficient (Wildman–Crippen LogP) is 2.03. The quantitative estimate of drug-likeness (QED) is 0.661. The van der Waals surface area contributed by atoms with Gasteiger partial charge >= 0.3 is 0 Å². The first-order valence-electron chi connectivity index (χ1n) is 4.69. The topological polar surface area (TPSA) is 55.2 Å². The minimum atomic E-state index is -0.394. The van der Waals surface area contributed by atoms with Gasteiger partial charge in [0.2, 0.25) is 11.2 Å². The van der Waals surface area contributed by atoms with Gasteiger partial charge in [0.1, 0.15) is 6.10 Å². The second-order valence-corrected chi connectivity index (χ2v) is 4.95. The van der Waals surface area contributed by atoms with E-state index >= 15 is 0 Å². The maximum absolute atomic E-state index is 9.61. The van der Waals surface area contributed by atoms with Crippen LogP contribution < -0.4 is 4.74 Å². The Morgan fingerprint density at radius 2 is 2.33 bits per heavy atom. The van der Waals surface area contributed by atoms with Gasteiger partial charge in [0.05, 0.1) is 9.67 Å². The molecule has 2 rings (SSSR count). The van der Waals surface area contributed by atoms with Crippen molar-refractivity contribution < 1.29 is 9.84 Å². The SMILES string of the molecule is O[C@@H]1CCC[C@@H]1Oc1nc(Cl)ncc1I. The van der Waals surface area contributed by atoms with E-state index < -0.39 is 6.10 Å². The molecule has 1 aromatic heterocycles. The van der Waals surface area contributed by atoms with Crippen molar-refractivity contribution in [1.82, 2.24) is 9.97 Å². The van der Waals surface area contributed by atoms with Gasteiger partial charge in [-0.3, -0.25) is 0 Å². The van der Waals surface area contributed by atoms with Crippen LogP contribution >= 0.6 is 34.2 Å². The minimum absolute atomic E-state index is 0.163. The molecule has 1 aliphatic rings. The summed E-state index contributed by atoms with van der Waals surface area (Å²) in [4.78, 5) is 7.82. The van der Waals surface area contributed by atoms with Crippen molar-refractivity contribution in [2.45, 2.75) is 31.5 Å². The summed E-state index contributed by atoms with van der Waals surface area (Å²) in [5.41, 5.74) is 0. The van der Waals surface area contributed by atoms with E-state index in [1.165, 1.54) is 0 Å². The summed E-state index contributed by atoms with van der Waals surface area (Å²) in [6.07, 6.45) is 3.69. The number of hydrogen-bond donors (Lipinski definition) is 1. The monoisotopic (exact) mass is 340 g/mol. The van der Waals surface area contributed by atoms with Crippen molar-refractivity contribution in [3.05, 3.63) is 15.1 Å². The van der Waals surface area contributed by atoms with Crippen LogP contribution in [-0.4, -0.2) is 27.3 Å². The molecule has 1 N–H and O–H groups in total. The van der Waals surface area contributed by atoms with E-state index in [0.29, 0.717) is 5.88 Å². The number of aliphatic hydroxyl groups excluding tert-OH is 1. The summed E-state index contributed by atoms with van der Waals surface area (Å²) >= 11 is 7.75. The summed E-state index contributed by atoms with van der Waals surface area (Å²) < 4.78 is 6.41. The zero-order chi connectivity index (χ0) is 10.8. The number of rotatable bonds is 2. The molecule has 2 atom stereocenters. The minimum Gasteiger partial charge on any atom is -0.471 e. The van der Waals surface area contributed by atoms with Gasteiger partial charge in [-0.15, -0.1) is 0 Å². The Morgan fingerprint density at radius 1 is 1.53 bits per heavy atom. The largest absolute Gasteiger partial charge is 0.471 e. The van der Waals surface area contributed by atoms with Gasteiger partial charge in [0, 0.05) is 6.20 Å². The number of halogens is 2. The van der Waals surface area contributed by atoms with Crippen molar-refractivity contribution >= 4 is 34.2 Å². The number of nitrogens with zero attached hydrogens (tertiary/aromatic N) is 2. The van der Waals surface area contributed by atoms with Gasteiger partial charge in [-0.1, -0.05) is 0 Å². The highest BCUT2D eigenvalue weighted by Crippen LogP contribution is 2.26. The molecule has 1 fully saturated rings. The summed E-state index contributed by atoms with van der Waals surface area (Å²) in [5.74, 6) is 0.460. The van der Waals surface area contributed by atoms with Crippen molar-refractivity contribution in [2.75, 3.05) is 0 Å². The third-order valence-electron chi connectivity index (χ3n) is 2.36. The van der Waals surface area contributed by atoms with Crippen LogP contribution in [0.4, 0.5) is 0 Å². The Morgan fingerprint density at radius 3 is 3.00 bits per heavy atom. The highest BCUT2D eigenvalue weighted by atomic mass is 127. The maximum Gasteiger partial charge on any atom is 0.231 e. The van der Waals surface area contributed by atoms with Crippen molar-refractivity contribution in [1.29, 1.82) is 0 Å². The van der Waals surface area contributed by atoms with E-state index in [-0.39, 0.29) is 11.4 Å². The van der Waals surface area contributed by atoms with E-state index in [9.17, 15) is 5.11 Å². The lowest BCUT2D eigenvalue weighted by atomic mass is 10.3. The molecule has 0 bridgehead atoms. The van der Waals surface area contributed by atoms with Crippen molar-refractivity contribution in [2.24, 2.45) is 0 Å². The van der Waals surface area contributed by atoms with Gasteiger partial charge < -0.3 is 9.84 Å². The van der Waals surface area contributed by atoms with Crippen LogP contribution in [0.3, 0.4) is 0 Å². The van der Waals surface area contributed by atoms with Crippen molar-refractivity contribution in [3.8, 4) is 5.88 Å². The van der Waals surface area contributed by atoms with Crippen LogP contribution in [0.5, 0.6) is 5.88 Å². The van der Waals surface area contributed by atoms with Crippen LogP contribution in [0.25, 0.3) is 0 Å². The average molecular weight is 341 g/mol. The molecule has 4 nitrogen and oxygen atoms in total. The zero-order valence-corrected chi connectivity index (χ0v) is 10.8. The van der Waals surface area contributed by atoms with E-state index in [1.54, 1.807) is 6.20 Å². The third-order valence-corrected chi connectivity index (χ3v) is 3.29. The molecule has 1 aliphatic carbocycles. The molecule has 1 heterocycles. The molecular formula is C9H10ClIN2O2. The second kappa shape index (κ2) is 4.80. The molecule has 0 saturated heterocycles. The lowest BCUT2D eigenvalue weighted by molar-refractivity contribution is 0.0567. The van der Waals surface area contributed by atoms with Gasteiger partial charge in [0.25, 0.3) is 0 Å². The lowest BCUT2D eigenvalue weighted by Gasteiger charge is -2.16. The summed E-state index contributed by atoms with van der Waals surface area (Å²) in [6.45, 7) is 0. The zero-order valence-electron chi connectivity index (χ0n) is 7.86. The van der Waals surface area contributed by atoms with Crippen LogP contribution in [0.2, 0.25) is 5.28 Å². The smallest absolute Gasteiger partial charge is 0.231 e. The first-order valence-corrected chi connectivity index (χ1v) is 6.15. The van der Waals surface area contributed by atoms with Crippen molar-refractivity contribution in [3.63, 3.8) is 0 Å². The van der Waals surface area contributed by atoms with Gasteiger partial charge in [-0.05, 0) is 53.5 Å². The molecule has 0 amide bonds. The molecule has 0 unspecified atom stereocenters. The van der Waals surface area contributed by atoms with Crippen LogP contribution in [0, 0.1) is 3.57 Å². The maximum atomic E-state index is 9.61. The van der Waals surface area contributed by atoms with Gasteiger partial charge in [-0.25, -0.2) is 4.98 Å². The molecule has 15 heavy (non-hydrogen) atoms. The Balaban J connectivity index is 2.12. The lowest BCUT2D eigenvalue weighted by Crippen LogP contribution is -2.26. The highest BCUT2D eigenvalue weighted by Gasteiger charge is 2.28. The summed E-state index contributed by atoms with van der Waals surface area (Å²) in [6, 6.07) is 0. The standard InChI is InChI=1S/C9H10ClIN2O2/c10-9-12-4-5(11)8(13-9)15-7-3-1-2-6(7)14/h4,6-7,14H,1-3H2/t6-,7+/m1/s1. The number of ether oxygens (including phenoxy) is 1. The van der Waals surface area contributed by atoms with Gasteiger partial charge in [-0.2, -0.15) is 4.98 Å². The fraction of sp³-hybridized carbons (Fsp3) is 0.556. The molecule has 0 aliphatic heterocycles. The molecule has 0 spiro atoms. The molecule has 1 aromatic rings. The average Bonchev–Trinajstić information content (AvgIpc) is 2.58. The Labute approximate surface area is 106 Å². The van der Waals surface area contributed by atoms with Gasteiger partial charge in [0.15, 0.2) is 0 Å². The number of aromatic nitrogens is 2. The number of hydrogen-bond acceptors (Lipinski definition) is 4. The molecule has 82 valence electrons. The Hall–Kier alpha value is -0.140. The molecule has 0 aromatic carbocycles. The van der Waals surface area contributed by atoms with E-state index in [0.717, 1.165) is 22.8 Å². The van der Waals surface area contributed by atoms with E-state index in [2.05, 4.69) is 32.6 Å². The first-order chi connectivity index (χ1) is 7.16. The Kier molecular flexibility index (Phi) is 3.63. The second-order valence-electron chi connectivity index (χ2n) is 3.45. The highest BCUT2D eigenvalue weighted by molar-refractivity contribution is 14.1. The van der Waals surface area contributed by atoms with Crippen LogP contribution in [0.1, 0.15) is 19.3 Å². The Bertz CT molecular complexity index is 364. The fourth-order valence-electron chi connectivity index (χ4n) is 1.60. The normalized spacial score (nSPS) is 25.5. The molecule has 1 saturated carbocycles. The fourth-order valence-corrected chi connectivity index (χ4v) is 2.11. The van der Waals surface area contributed by atoms with E-state index in [1.807, 2.05) is 0 Å². The van der Waals surface area contributed by atoms with Crippen LogP contribution in [0.15, 0.2) is 6.20 Å². The predicted molar refractivity (Wildman–Crippen MR) is 64.0 cm³/mol. The molecule has 6 heteroatoms. The summed E-state index contributed by atoms with van der Waals surface area (Å²) in [7, 11) is 0. The third kappa shape index (κ3) is 2.70. The first kappa shape index (κ1) is 11.3. The van der Waals surface area contributed by atoms with E-state index in [4.69, 9.17) is 16.3 Å². The molecule has 0 radical (unpaired) electrons. The summed E-state index contributed by atoms with van der Waals surface area (Å²) in [5, 5.41) is 9.77. The molecular weight excluding hydrogens is 330 g/mol. The van der Waals surface area contributed by atoms with Crippen LogP contribution in [-0.2, 0) is 0 Å².